The molecular formula is C23H32BrNO2. The van der Waals surface area contributed by atoms with Crippen LogP contribution in [0.2, 0.25) is 0 Å². The van der Waals surface area contributed by atoms with Crippen LogP contribution in [0, 0.1) is 6.92 Å². The van der Waals surface area contributed by atoms with Crippen LogP contribution in [0.4, 0.5) is 0 Å². The second kappa shape index (κ2) is 12.0. The van der Waals surface area contributed by atoms with Gasteiger partial charge >= 0.3 is 0 Å². The fourth-order valence-electron chi connectivity index (χ4n) is 2.96. The molecule has 0 atom stereocenters. The zero-order valence-electron chi connectivity index (χ0n) is 16.8. The Bertz CT molecular complexity index is 703. The lowest BCUT2D eigenvalue weighted by Crippen LogP contribution is -2.15. The summed E-state index contributed by atoms with van der Waals surface area (Å²) in [5.41, 5.74) is 3.62. The summed E-state index contributed by atoms with van der Waals surface area (Å²) >= 11 is 3.67. The van der Waals surface area contributed by atoms with Gasteiger partial charge in [-0.15, -0.1) is 0 Å². The Morgan fingerprint density at radius 2 is 1.81 bits per heavy atom. The van der Waals surface area contributed by atoms with Crippen molar-refractivity contribution in [3.05, 3.63) is 57.6 Å². The number of hydrogen-bond donors (Lipinski definition) is 1. The molecule has 2 aromatic rings. The second-order valence-electron chi connectivity index (χ2n) is 6.79. The standard InChI is InChI=1S/C23H32BrNO2/c1-4-6-7-10-13-25-16-19-14-21(24)23(22(15-19)26-5-2)27-17-20-12-9-8-11-18(20)3/h8-9,11-12,14-15,25H,4-7,10,13,16-17H2,1-3H3. The van der Waals surface area contributed by atoms with Gasteiger partial charge in [0.25, 0.3) is 0 Å². The van der Waals surface area contributed by atoms with Crippen molar-refractivity contribution in [1.82, 2.24) is 5.32 Å². The van der Waals surface area contributed by atoms with Gasteiger partial charge in [0.05, 0.1) is 11.1 Å². The molecule has 0 unspecified atom stereocenters. The molecule has 0 aromatic heterocycles. The number of aryl methyl sites for hydroxylation is 1. The Morgan fingerprint density at radius 3 is 2.56 bits per heavy atom. The first-order chi connectivity index (χ1) is 13.2. The molecule has 0 bridgehead atoms. The van der Waals surface area contributed by atoms with E-state index in [2.05, 4.69) is 59.4 Å². The first-order valence-electron chi connectivity index (χ1n) is 9.99. The van der Waals surface area contributed by atoms with E-state index in [-0.39, 0.29) is 0 Å². The topological polar surface area (TPSA) is 30.5 Å². The highest BCUT2D eigenvalue weighted by Gasteiger charge is 2.13. The third-order valence-electron chi connectivity index (χ3n) is 4.54. The molecule has 1 N–H and O–H groups in total. The number of rotatable bonds is 12. The third-order valence-corrected chi connectivity index (χ3v) is 5.13. The molecule has 0 saturated carbocycles. The van der Waals surface area contributed by atoms with E-state index in [1.807, 2.05) is 19.1 Å². The van der Waals surface area contributed by atoms with Crippen LogP contribution in [-0.4, -0.2) is 13.2 Å². The average molecular weight is 434 g/mol. The smallest absolute Gasteiger partial charge is 0.175 e. The van der Waals surface area contributed by atoms with Crippen LogP contribution in [0.3, 0.4) is 0 Å². The van der Waals surface area contributed by atoms with Gasteiger partial charge in [-0.2, -0.15) is 0 Å². The molecule has 0 fully saturated rings. The fraction of sp³-hybridized carbons (Fsp3) is 0.478. The van der Waals surface area contributed by atoms with Crippen molar-refractivity contribution in [1.29, 1.82) is 0 Å². The number of halogens is 1. The number of benzene rings is 2. The predicted octanol–water partition coefficient (Wildman–Crippen LogP) is 6.41. The van der Waals surface area contributed by atoms with E-state index < -0.39 is 0 Å². The van der Waals surface area contributed by atoms with E-state index in [9.17, 15) is 0 Å². The highest BCUT2D eigenvalue weighted by atomic mass is 79.9. The normalized spacial score (nSPS) is 10.8. The first-order valence-corrected chi connectivity index (χ1v) is 10.8. The van der Waals surface area contributed by atoms with Crippen molar-refractivity contribution in [2.75, 3.05) is 13.2 Å². The summed E-state index contributed by atoms with van der Waals surface area (Å²) < 4.78 is 12.9. The second-order valence-corrected chi connectivity index (χ2v) is 7.64. The highest BCUT2D eigenvalue weighted by Crippen LogP contribution is 2.37. The minimum Gasteiger partial charge on any atom is -0.490 e. The molecule has 0 radical (unpaired) electrons. The van der Waals surface area contributed by atoms with Gasteiger partial charge in [0, 0.05) is 6.54 Å². The van der Waals surface area contributed by atoms with Crippen molar-refractivity contribution >= 4 is 15.9 Å². The van der Waals surface area contributed by atoms with Crippen LogP contribution in [0.5, 0.6) is 11.5 Å². The SMILES string of the molecule is CCCCCCNCc1cc(Br)c(OCc2ccccc2C)c(OCC)c1. The van der Waals surface area contributed by atoms with E-state index in [1.54, 1.807) is 0 Å². The van der Waals surface area contributed by atoms with Crippen molar-refractivity contribution in [2.24, 2.45) is 0 Å². The summed E-state index contributed by atoms with van der Waals surface area (Å²) in [4.78, 5) is 0. The summed E-state index contributed by atoms with van der Waals surface area (Å²) in [7, 11) is 0. The maximum absolute atomic E-state index is 6.12. The van der Waals surface area contributed by atoms with Crippen LogP contribution in [0.1, 0.15) is 56.2 Å². The van der Waals surface area contributed by atoms with Gasteiger partial charge in [0.1, 0.15) is 6.61 Å². The first kappa shape index (κ1) is 21.8. The zero-order valence-corrected chi connectivity index (χ0v) is 18.4. The van der Waals surface area contributed by atoms with Crippen LogP contribution in [0.15, 0.2) is 40.9 Å². The Morgan fingerprint density at radius 1 is 1.00 bits per heavy atom. The number of nitrogens with one attached hydrogen (secondary N) is 1. The van der Waals surface area contributed by atoms with Gasteiger partial charge in [0.15, 0.2) is 11.5 Å². The molecule has 4 heteroatoms. The molecule has 0 aliphatic rings. The Balaban J connectivity index is 2.01. The number of ether oxygens (including phenoxy) is 2. The molecule has 3 nitrogen and oxygen atoms in total. The van der Waals surface area contributed by atoms with Crippen molar-refractivity contribution in [3.8, 4) is 11.5 Å². The maximum atomic E-state index is 6.12. The lowest BCUT2D eigenvalue weighted by molar-refractivity contribution is 0.267. The summed E-state index contributed by atoms with van der Waals surface area (Å²) in [6, 6.07) is 12.5. The molecule has 2 aromatic carbocycles. The number of hydrogen-bond acceptors (Lipinski definition) is 3. The van der Waals surface area contributed by atoms with E-state index in [1.165, 1.54) is 42.4 Å². The van der Waals surface area contributed by atoms with Crippen LogP contribution in [-0.2, 0) is 13.2 Å². The molecule has 0 amide bonds. The van der Waals surface area contributed by atoms with Crippen LogP contribution < -0.4 is 14.8 Å². The van der Waals surface area contributed by atoms with Crippen molar-refractivity contribution in [3.63, 3.8) is 0 Å². The average Bonchev–Trinajstić information content (AvgIpc) is 2.65. The zero-order chi connectivity index (χ0) is 19.5. The van der Waals surface area contributed by atoms with E-state index >= 15 is 0 Å². The molecule has 2 rings (SSSR count). The predicted molar refractivity (Wildman–Crippen MR) is 117 cm³/mol. The number of unbranched alkanes of at least 4 members (excludes halogenated alkanes) is 3. The van der Waals surface area contributed by atoms with Crippen molar-refractivity contribution in [2.45, 2.75) is 59.6 Å². The molecule has 0 spiro atoms. The molecule has 148 valence electrons. The van der Waals surface area contributed by atoms with E-state index in [0.717, 1.165) is 29.1 Å². The summed E-state index contributed by atoms with van der Waals surface area (Å²) in [5, 5.41) is 3.52. The van der Waals surface area contributed by atoms with Gasteiger partial charge in [-0.25, -0.2) is 0 Å². The quantitative estimate of drug-likeness (QED) is 0.392. The lowest BCUT2D eigenvalue weighted by atomic mass is 10.1. The Hall–Kier alpha value is -1.52. The summed E-state index contributed by atoms with van der Waals surface area (Å²) in [6.45, 7) is 9.37. The highest BCUT2D eigenvalue weighted by molar-refractivity contribution is 9.10. The summed E-state index contributed by atoms with van der Waals surface area (Å²) in [5.74, 6) is 1.56. The third kappa shape index (κ3) is 7.19. The lowest BCUT2D eigenvalue weighted by Gasteiger charge is -2.16. The Kier molecular flexibility index (Phi) is 9.71. The monoisotopic (exact) mass is 433 g/mol. The Labute approximate surface area is 172 Å². The molecule has 0 saturated heterocycles. The van der Waals surface area contributed by atoms with Crippen LogP contribution >= 0.6 is 15.9 Å². The fourth-order valence-corrected chi connectivity index (χ4v) is 3.56. The van der Waals surface area contributed by atoms with Gasteiger partial charge in [-0.05, 0) is 71.6 Å². The largest absolute Gasteiger partial charge is 0.490 e. The van der Waals surface area contributed by atoms with Gasteiger partial charge < -0.3 is 14.8 Å². The molecule has 0 aliphatic heterocycles. The van der Waals surface area contributed by atoms with Crippen molar-refractivity contribution < 1.29 is 9.47 Å². The minimum absolute atomic E-state index is 0.528. The molecule has 27 heavy (non-hydrogen) atoms. The molecular weight excluding hydrogens is 402 g/mol. The van der Waals surface area contributed by atoms with Gasteiger partial charge in [-0.1, -0.05) is 50.5 Å². The van der Waals surface area contributed by atoms with Gasteiger partial charge in [-0.3, -0.25) is 0 Å². The van der Waals surface area contributed by atoms with Crippen LogP contribution in [0.25, 0.3) is 0 Å². The van der Waals surface area contributed by atoms with E-state index in [0.29, 0.717) is 13.2 Å². The summed E-state index contributed by atoms with van der Waals surface area (Å²) in [6.07, 6.45) is 5.11. The maximum Gasteiger partial charge on any atom is 0.175 e. The molecule has 0 aliphatic carbocycles. The molecule has 0 heterocycles. The van der Waals surface area contributed by atoms with E-state index in [4.69, 9.17) is 9.47 Å². The minimum atomic E-state index is 0.528. The van der Waals surface area contributed by atoms with Gasteiger partial charge in [0.2, 0.25) is 0 Å².